The first-order chi connectivity index (χ1) is 11.5. The number of aromatic nitrogens is 2. The van der Waals surface area contributed by atoms with Gasteiger partial charge in [-0.05, 0) is 42.0 Å². The zero-order valence-corrected chi connectivity index (χ0v) is 14.6. The highest BCUT2D eigenvalue weighted by Crippen LogP contribution is 2.21. The van der Waals surface area contributed by atoms with Crippen LogP contribution < -0.4 is 5.32 Å². The smallest absolute Gasteiger partial charge is 0.269 e. The van der Waals surface area contributed by atoms with E-state index in [9.17, 15) is 4.79 Å². The van der Waals surface area contributed by atoms with E-state index in [1.165, 1.54) is 6.20 Å². The minimum Gasteiger partial charge on any atom is -0.347 e. The lowest BCUT2D eigenvalue weighted by Crippen LogP contribution is -2.23. The Balaban J connectivity index is 1.68. The molecule has 2 aromatic carbocycles. The number of nitrogens with one attached hydrogen (secondary N) is 2. The van der Waals surface area contributed by atoms with Gasteiger partial charge in [0.1, 0.15) is 11.5 Å². The third-order valence-corrected chi connectivity index (χ3v) is 4.23. The molecule has 1 amide bonds. The van der Waals surface area contributed by atoms with E-state index in [1.807, 2.05) is 12.1 Å². The van der Waals surface area contributed by atoms with Crippen molar-refractivity contribution in [3.63, 3.8) is 0 Å². The quantitative estimate of drug-likeness (QED) is 0.671. The third-order valence-electron chi connectivity index (χ3n) is 3.39. The minimum absolute atomic E-state index is 0.270. The van der Waals surface area contributed by atoms with Gasteiger partial charge in [-0.1, -0.05) is 40.9 Å². The molecule has 2 N–H and O–H groups in total. The topological polar surface area (TPSA) is 57.8 Å². The van der Waals surface area contributed by atoms with Crippen molar-refractivity contribution in [1.29, 1.82) is 0 Å². The molecule has 0 saturated carbocycles. The van der Waals surface area contributed by atoms with E-state index in [4.69, 9.17) is 34.8 Å². The Labute approximate surface area is 153 Å². The molecule has 0 aliphatic rings. The van der Waals surface area contributed by atoms with Crippen LogP contribution in [-0.2, 0) is 6.54 Å². The van der Waals surface area contributed by atoms with E-state index in [1.54, 1.807) is 30.3 Å². The number of imidazole rings is 1. The van der Waals surface area contributed by atoms with Gasteiger partial charge in [-0.3, -0.25) is 4.79 Å². The highest BCUT2D eigenvalue weighted by molar-refractivity contribution is 6.35. The van der Waals surface area contributed by atoms with Crippen molar-refractivity contribution >= 4 is 40.7 Å². The Kier molecular flexibility index (Phi) is 5.09. The van der Waals surface area contributed by atoms with Crippen LogP contribution in [0.4, 0.5) is 0 Å². The maximum absolute atomic E-state index is 12.2. The Morgan fingerprint density at radius 2 is 1.75 bits per heavy atom. The number of hydrogen-bond donors (Lipinski definition) is 2. The second-order valence-electron chi connectivity index (χ2n) is 5.07. The molecule has 0 saturated heterocycles. The van der Waals surface area contributed by atoms with Crippen molar-refractivity contribution in [2.24, 2.45) is 0 Å². The number of benzene rings is 2. The van der Waals surface area contributed by atoms with E-state index in [2.05, 4.69) is 15.3 Å². The zero-order valence-electron chi connectivity index (χ0n) is 12.3. The molecule has 1 heterocycles. The van der Waals surface area contributed by atoms with Crippen molar-refractivity contribution in [2.75, 3.05) is 0 Å². The van der Waals surface area contributed by atoms with Gasteiger partial charge >= 0.3 is 0 Å². The van der Waals surface area contributed by atoms with Crippen molar-refractivity contribution < 1.29 is 4.79 Å². The van der Waals surface area contributed by atoms with Gasteiger partial charge in [-0.2, -0.15) is 0 Å². The van der Waals surface area contributed by atoms with Crippen LogP contribution in [0.3, 0.4) is 0 Å². The second-order valence-corrected chi connectivity index (χ2v) is 6.35. The lowest BCUT2D eigenvalue weighted by molar-refractivity contribution is 0.0946. The molecule has 0 aliphatic heterocycles. The van der Waals surface area contributed by atoms with Crippen LogP contribution >= 0.6 is 34.8 Å². The van der Waals surface area contributed by atoms with Crippen LogP contribution in [0, 0.1) is 0 Å². The molecule has 0 bridgehead atoms. The monoisotopic (exact) mass is 379 g/mol. The van der Waals surface area contributed by atoms with Gasteiger partial charge in [0.2, 0.25) is 0 Å². The first-order valence-electron chi connectivity index (χ1n) is 7.06. The number of carbonyl (C=O) groups excluding carboxylic acids is 1. The molecule has 4 nitrogen and oxygen atoms in total. The Morgan fingerprint density at radius 1 is 1.04 bits per heavy atom. The van der Waals surface area contributed by atoms with Crippen LogP contribution in [-0.4, -0.2) is 15.9 Å². The summed E-state index contributed by atoms with van der Waals surface area (Å²) in [7, 11) is 0. The predicted octanol–water partition coefficient (Wildman–Crippen LogP) is 4.97. The molecule has 7 heteroatoms. The fourth-order valence-electron chi connectivity index (χ4n) is 2.13. The first kappa shape index (κ1) is 16.8. The van der Waals surface area contributed by atoms with Gasteiger partial charge in [0.15, 0.2) is 0 Å². The lowest BCUT2D eigenvalue weighted by Gasteiger charge is -2.06. The molecule has 0 unspecified atom stereocenters. The van der Waals surface area contributed by atoms with Crippen LogP contribution in [0.1, 0.15) is 16.1 Å². The number of rotatable bonds is 4. The van der Waals surface area contributed by atoms with Gasteiger partial charge in [-0.25, -0.2) is 4.98 Å². The molecule has 24 heavy (non-hydrogen) atoms. The number of carbonyl (C=O) groups is 1. The Bertz CT molecular complexity index is 875. The van der Waals surface area contributed by atoms with Crippen molar-refractivity contribution in [1.82, 2.24) is 15.3 Å². The number of amides is 1. The maximum Gasteiger partial charge on any atom is 0.269 e. The highest BCUT2D eigenvalue weighted by Gasteiger charge is 2.11. The molecule has 3 aromatic rings. The SMILES string of the molecule is O=C(NCc1ccc(Cl)cc1Cl)c1cnc(-c2ccc(Cl)cc2)[nH]1. The van der Waals surface area contributed by atoms with Gasteiger partial charge in [0, 0.05) is 27.2 Å². The van der Waals surface area contributed by atoms with E-state index in [0.717, 1.165) is 11.1 Å². The highest BCUT2D eigenvalue weighted by atomic mass is 35.5. The van der Waals surface area contributed by atoms with E-state index < -0.39 is 0 Å². The van der Waals surface area contributed by atoms with Crippen molar-refractivity contribution in [2.45, 2.75) is 6.54 Å². The average Bonchev–Trinajstić information content (AvgIpc) is 3.04. The third kappa shape index (κ3) is 3.90. The predicted molar refractivity (Wildman–Crippen MR) is 96.7 cm³/mol. The lowest BCUT2D eigenvalue weighted by atomic mass is 10.2. The van der Waals surface area contributed by atoms with E-state index in [-0.39, 0.29) is 5.91 Å². The average molecular weight is 381 g/mol. The minimum atomic E-state index is -0.270. The largest absolute Gasteiger partial charge is 0.347 e. The number of aromatic amines is 1. The van der Waals surface area contributed by atoms with Crippen LogP contribution in [0.25, 0.3) is 11.4 Å². The standard InChI is InChI=1S/C17H12Cl3N3O/c18-12-4-1-10(2-5-12)16-21-9-15(23-16)17(24)22-8-11-3-6-13(19)7-14(11)20/h1-7,9H,8H2,(H,21,23)(H,22,24). The maximum atomic E-state index is 12.2. The van der Waals surface area contributed by atoms with Gasteiger partial charge in [-0.15, -0.1) is 0 Å². The fraction of sp³-hybridized carbons (Fsp3) is 0.0588. The number of hydrogen-bond acceptors (Lipinski definition) is 2. The van der Waals surface area contributed by atoms with E-state index in [0.29, 0.717) is 33.1 Å². The zero-order chi connectivity index (χ0) is 17.1. The summed E-state index contributed by atoms with van der Waals surface area (Å²) in [6.07, 6.45) is 1.49. The summed E-state index contributed by atoms with van der Waals surface area (Å²) in [6.45, 7) is 0.296. The number of nitrogens with zero attached hydrogens (tertiary/aromatic N) is 1. The van der Waals surface area contributed by atoms with E-state index >= 15 is 0 Å². The molecule has 0 spiro atoms. The number of H-pyrrole nitrogens is 1. The summed E-state index contributed by atoms with van der Waals surface area (Å²) >= 11 is 17.8. The summed E-state index contributed by atoms with van der Waals surface area (Å²) in [5, 5.41) is 4.49. The summed E-state index contributed by atoms with van der Waals surface area (Å²) in [5.41, 5.74) is 2.00. The second kappa shape index (κ2) is 7.26. The summed E-state index contributed by atoms with van der Waals surface area (Å²) in [6, 6.07) is 12.3. The molecule has 0 fully saturated rings. The summed E-state index contributed by atoms with van der Waals surface area (Å²) < 4.78 is 0. The van der Waals surface area contributed by atoms with Crippen molar-refractivity contribution in [3.05, 3.63) is 75.0 Å². The summed E-state index contributed by atoms with van der Waals surface area (Å²) in [5.74, 6) is 0.329. The summed E-state index contributed by atoms with van der Waals surface area (Å²) in [4.78, 5) is 19.4. The van der Waals surface area contributed by atoms with Crippen molar-refractivity contribution in [3.8, 4) is 11.4 Å². The Morgan fingerprint density at radius 3 is 2.46 bits per heavy atom. The normalized spacial score (nSPS) is 10.6. The number of halogens is 3. The molecule has 1 aromatic heterocycles. The van der Waals surface area contributed by atoms with Crippen LogP contribution in [0.15, 0.2) is 48.7 Å². The van der Waals surface area contributed by atoms with Gasteiger partial charge in [0.05, 0.1) is 6.20 Å². The molecule has 0 aliphatic carbocycles. The van der Waals surface area contributed by atoms with Gasteiger partial charge in [0.25, 0.3) is 5.91 Å². The first-order valence-corrected chi connectivity index (χ1v) is 8.19. The molecule has 122 valence electrons. The molecule has 0 atom stereocenters. The Hall–Kier alpha value is -2.01. The van der Waals surface area contributed by atoms with Gasteiger partial charge < -0.3 is 10.3 Å². The molecular weight excluding hydrogens is 369 g/mol. The molecular formula is C17H12Cl3N3O. The molecule has 0 radical (unpaired) electrons. The molecule has 3 rings (SSSR count). The fourth-order valence-corrected chi connectivity index (χ4v) is 2.73. The van der Waals surface area contributed by atoms with Crippen LogP contribution in [0.5, 0.6) is 0 Å². The van der Waals surface area contributed by atoms with Crippen LogP contribution in [0.2, 0.25) is 15.1 Å².